The van der Waals surface area contributed by atoms with Gasteiger partial charge in [0.1, 0.15) is 0 Å². The Morgan fingerprint density at radius 2 is 1.93 bits per heavy atom. The summed E-state index contributed by atoms with van der Waals surface area (Å²) in [6.07, 6.45) is 3.63. The van der Waals surface area contributed by atoms with Crippen molar-refractivity contribution in [2.24, 2.45) is 0 Å². The topological polar surface area (TPSA) is 51.9 Å². The smallest absolute Gasteiger partial charge is 0.251 e. The van der Waals surface area contributed by atoms with Gasteiger partial charge < -0.3 is 9.88 Å². The van der Waals surface area contributed by atoms with Crippen molar-refractivity contribution in [2.75, 3.05) is 6.54 Å². The molecule has 29 heavy (non-hydrogen) atoms. The van der Waals surface area contributed by atoms with Crippen LogP contribution in [-0.2, 0) is 13.1 Å². The van der Waals surface area contributed by atoms with Crippen LogP contribution in [0.5, 0.6) is 0 Å². The summed E-state index contributed by atoms with van der Waals surface area (Å²) < 4.78 is 5.04. The lowest BCUT2D eigenvalue weighted by molar-refractivity contribution is 0.0952. The molecule has 148 valence electrons. The number of carbonyl (C=O) groups is 1. The van der Waals surface area contributed by atoms with Crippen molar-refractivity contribution in [1.82, 2.24) is 19.7 Å². The van der Waals surface area contributed by atoms with Gasteiger partial charge in [0.05, 0.1) is 17.2 Å². The summed E-state index contributed by atoms with van der Waals surface area (Å²) in [5.41, 5.74) is 5.54. The van der Waals surface area contributed by atoms with E-state index in [1.807, 2.05) is 24.4 Å². The van der Waals surface area contributed by atoms with E-state index in [9.17, 15) is 4.79 Å². The van der Waals surface area contributed by atoms with E-state index in [1.165, 1.54) is 16.8 Å². The zero-order chi connectivity index (χ0) is 20.4. The van der Waals surface area contributed by atoms with Crippen LogP contribution >= 0.6 is 15.9 Å². The molecule has 2 heterocycles. The van der Waals surface area contributed by atoms with Crippen molar-refractivity contribution >= 4 is 32.7 Å². The highest BCUT2D eigenvalue weighted by Crippen LogP contribution is 2.27. The first-order valence-corrected chi connectivity index (χ1v) is 10.4. The van der Waals surface area contributed by atoms with Gasteiger partial charge in [0.2, 0.25) is 0 Å². The summed E-state index contributed by atoms with van der Waals surface area (Å²) >= 11 is 3.38. The molecule has 4 aromatic rings. The first-order valence-electron chi connectivity index (χ1n) is 9.62. The number of rotatable bonds is 6. The third-order valence-electron chi connectivity index (χ3n) is 5.31. The molecule has 4 rings (SSSR count). The van der Waals surface area contributed by atoms with E-state index in [4.69, 9.17) is 0 Å². The van der Waals surface area contributed by atoms with Crippen molar-refractivity contribution in [3.8, 4) is 0 Å². The minimum absolute atomic E-state index is 0.0639. The summed E-state index contributed by atoms with van der Waals surface area (Å²) in [5, 5.41) is 8.31. The van der Waals surface area contributed by atoms with Crippen LogP contribution < -0.4 is 5.32 Å². The average molecular weight is 451 g/mol. The number of fused-ring (bicyclic) bond motifs is 1. The van der Waals surface area contributed by atoms with Gasteiger partial charge in [-0.15, -0.1) is 0 Å². The predicted octanol–water partition coefficient (Wildman–Crippen LogP) is 4.70. The predicted molar refractivity (Wildman–Crippen MR) is 119 cm³/mol. The lowest BCUT2D eigenvalue weighted by Gasteiger charge is -2.09. The zero-order valence-electron chi connectivity index (χ0n) is 16.5. The highest BCUT2D eigenvalue weighted by molar-refractivity contribution is 9.10. The lowest BCUT2D eigenvalue weighted by atomic mass is 10.1. The number of nitrogens with zero attached hydrogens (tertiary/aromatic N) is 3. The highest BCUT2D eigenvalue weighted by Gasteiger charge is 2.14. The minimum atomic E-state index is -0.0639. The first kappa shape index (κ1) is 19.5. The second-order valence-electron chi connectivity index (χ2n) is 7.19. The molecule has 6 heteroatoms. The number of nitrogens with one attached hydrogen (secondary N) is 1. The molecule has 1 amide bonds. The molecule has 0 saturated carbocycles. The number of hydrogen-bond donors (Lipinski definition) is 1. The molecule has 0 atom stereocenters. The molecule has 0 radical (unpaired) electrons. The van der Waals surface area contributed by atoms with Gasteiger partial charge in [0.15, 0.2) is 0 Å². The average Bonchev–Trinajstić information content (AvgIpc) is 3.25. The number of amides is 1. The van der Waals surface area contributed by atoms with Gasteiger partial charge in [-0.3, -0.25) is 9.48 Å². The minimum Gasteiger partial charge on any atom is -0.350 e. The van der Waals surface area contributed by atoms with Crippen LogP contribution in [-0.4, -0.2) is 26.8 Å². The number of aromatic nitrogens is 3. The molecule has 5 nitrogen and oxygen atoms in total. The maximum absolute atomic E-state index is 12.6. The number of carbonyl (C=O) groups excluding carboxylic acids is 1. The summed E-state index contributed by atoms with van der Waals surface area (Å²) in [7, 11) is 0. The molecule has 1 N–H and O–H groups in total. The van der Waals surface area contributed by atoms with Crippen molar-refractivity contribution in [1.29, 1.82) is 0 Å². The third-order valence-corrected chi connectivity index (χ3v) is 5.72. The van der Waals surface area contributed by atoms with Crippen LogP contribution in [0.4, 0.5) is 0 Å². The van der Waals surface area contributed by atoms with Gasteiger partial charge in [0, 0.05) is 41.4 Å². The Labute approximate surface area is 178 Å². The number of halogens is 1. The Kier molecular flexibility index (Phi) is 5.53. The number of benzene rings is 2. The lowest BCUT2D eigenvalue weighted by Crippen LogP contribution is -2.27. The van der Waals surface area contributed by atoms with Gasteiger partial charge >= 0.3 is 0 Å². The monoisotopic (exact) mass is 450 g/mol. The zero-order valence-corrected chi connectivity index (χ0v) is 18.1. The molecule has 0 unspecified atom stereocenters. The molecule has 0 fully saturated rings. The fourth-order valence-corrected chi connectivity index (χ4v) is 3.94. The maximum atomic E-state index is 12.6. The molecule has 0 aliphatic rings. The Hall–Kier alpha value is -2.86. The van der Waals surface area contributed by atoms with Crippen molar-refractivity contribution in [3.63, 3.8) is 0 Å². The fourth-order valence-electron chi connectivity index (χ4n) is 3.61. The van der Waals surface area contributed by atoms with E-state index in [-0.39, 0.29) is 5.91 Å². The van der Waals surface area contributed by atoms with E-state index >= 15 is 0 Å². The second kappa shape index (κ2) is 8.25. The van der Waals surface area contributed by atoms with E-state index in [2.05, 4.69) is 75.1 Å². The SMILES string of the molecule is Cc1c(C)n(Cc2ccccc2)c2ccc(C(=O)NCCn3cc(Br)cn3)cc12. The Balaban J connectivity index is 1.53. The van der Waals surface area contributed by atoms with Gasteiger partial charge in [-0.1, -0.05) is 30.3 Å². The number of hydrogen-bond acceptors (Lipinski definition) is 2. The van der Waals surface area contributed by atoms with Crippen LogP contribution in [0.3, 0.4) is 0 Å². The van der Waals surface area contributed by atoms with E-state index in [0.29, 0.717) is 18.7 Å². The quantitative estimate of drug-likeness (QED) is 0.462. The third kappa shape index (κ3) is 4.12. The number of aryl methyl sites for hydroxylation is 1. The summed E-state index contributed by atoms with van der Waals surface area (Å²) in [5.74, 6) is -0.0639. The first-order chi connectivity index (χ1) is 14.0. The second-order valence-corrected chi connectivity index (χ2v) is 8.11. The largest absolute Gasteiger partial charge is 0.350 e. The normalized spacial score (nSPS) is 11.1. The summed E-state index contributed by atoms with van der Waals surface area (Å²) in [6, 6.07) is 16.4. The highest BCUT2D eigenvalue weighted by atomic mass is 79.9. The van der Waals surface area contributed by atoms with E-state index in [0.717, 1.165) is 21.9 Å². The van der Waals surface area contributed by atoms with Crippen molar-refractivity contribution in [3.05, 3.63) is 87.8 Å². The standard InChI is InChI=1S/C23H23BrN4O/c1-16-17(2)28(14-18-6-4-3-5-7-18)22-9-8-19(12-21(16)22)23(29)25-10-11-27-15-20(24)13-26-27/h3-9,12-13,15H,10-11,14H2,1-2H3,(H,25,29). The van der Waals surface area contributed by atoms with Crippen LogP contribution in [0.1, 0.15) is 27.2 Å². The summed E-state index contributed by atoms with van der Waals surface area (Å²) in [6.45, 7) is 6.24. The van der Waals surface area contributed by atoms with Gasteiger partial charge in [0.25, 0.3) is 5.91 Å². The van der Waals surface area contributed by atoms with Crippen molar-refractivity contribution in [2.45, 2.75) is 26.9 Å². The molecular formula is C23H23BrN4O. The van der Waals surface area contributed by atoms with Crippen LogP contribution in [0, 0.1) is 13.8 Å². The van der Waals surface area contributed by atoms with Crippen LogP contribution in [0.15, 0.2) is 65.4 Å². The van der Waals surface area contributed by atoms with Gasteiger partial charge in [-0.25, -0.2) is 0 Å². The molecule has 0 saturated heterocycles. The Bertz CT molecular complexity index is 1160. The van der Waals surface area contributed by atoms with Crippen LogP contribution in [0.25, 0.3) is 10.9 Å². The molecular weight excluding hydrogens is 428 g/mol. The molecule has 0 spiro atoms. The van der Waals surface area contributed by atoms with E-state index < -0.39 is 0 Å². The Morgan fingerprint density at radius 1 is 1.14 bits per heavy atom. The molecule has 0 bridgehead atoms. The van der Waals surface area contributed by atoms with Crippen LogP contribution in [0.2, 0.25) is 0 Å². The van der Waals surface area contributed by atoms with Gasteiger partial charge in [-0.2, -0.15) is 5.10 Å². The fraction of sp³-hybridized carbons (Fsp3) is 0.217. The maximum Gasteiger partial charge on any atom is 0.251 e. The molecule has 2 aromatic carbocycles. The van der Waals surface area contributed by atoms with E-state index in [1.54, 1.807) is 10.9 Å². The molecule has 2 aromatic heterocycles. The Morgan fingerprint density at radius 3 is 2.66 bits per heavy atom. The van der Waals surface area contributed by atoms with Gasteiger partial charge in [-0.05, 0) is 59.1 Å². The molecule has 0 aliphatic carbocycles. The summed E-state index contributed by atoms with van der Waals surface area (Å²) in [4.78, 5) is 12.6. The van der Waals surface area contributed by atoms with Crippen molar-refractivity contribution < 1.29 is 4.79 Å². The molecule has 0 aliphatic heterocycles.